The number of benzene rings is 1. The van der Waals surface area contributed by atoms with Gasteiger partial charge in [0.25, 0.3) is 0 Å². The molecular formula is C16H23F3O3S. The van der Waals surface area contributed by atoms with Crippen LogP contribution in [0.5, 0.6) is 5.75 Å². The Labute approximate surface area is 136 Å². The lowest BCUT2D eigenvalue weighted by atomic mass is 9.88. The summed E-state index contributed by atoms with van der Waals surface area (Å²) in [5.74, 6) is -0.385. The number of rotatable bonds is 5. The first-order valence-corrected chi connectivity index (χ1v) is 8.87. The Morgan fingerprint density at radius 2 is 1.26 bits per heavy atom. The van der Waals surface area contributed by atoms with E-state index in [0.29, 0.717) is 11.1 Å². The average molecular weight is 352 g/mol. The summed E-state index contributed by atoms with van der Waals surface area (Å²) in [6, 6.07) is 3.45. The highest BCUT2D eigenvalue weighted by Gasteiger charge is 2.49. The molecule has 1 aromatic rings. The molecule has 0 radical (unpaired) electrons. The SMILES string of the molecule is CC(C)c1cc(C(C)C)c(OS(=O)(=O)C(F)(F)F)c(C(C)C)c1. The number of hydrogen-bond acceptors (Lipinski definition) is 3. The fourth-order valence-corrected chi connectivity index (χ4v) is 2.65. The highest BCUT2D eigenvalue weighted by Crippen LogP contribution is 2.40. The molecule has 0 unspecified atom stereocenters. The fourth-order valence-electron chi connectivity index (χ4n) is 2.14. The maximum atomic E-state index is 12.7. The van der Waals surface area contributed by atoms with Gasteiger partial charge in [0.15, 0.2) is 0 Å². The number of hydrogen-bond donors (Lipinski definition) is 0. The van der Waals surface area contributed by atoms with E-state index in [-0.39, 0.29) is 23.5 Å². The van der Waals surface area contributed by atoms with E-state index in [1.807, 2.05) is 13.8 Å². The van der Waals surface area contributed by atoms with Crippen LogP contribution in [0.4, 0.5) is 13.2 Å². The quantitative estimate of drug-likeness (QED) is 0.534. The maximum absolute atomic E-state index is 12.7. The summed E-state index contributed by atoms with van der Waals surface area (Å²) >= 11 is 0. The monoisotopic (exact) mass is 352 g/mol. The van der Waals surface area contributed by atoms with Gasteiger partial charge in [-0.2, -0.15) is 21.6 Å². The van der Waals surface area contributed by atoms with Crippen LogP contribution in [-0.2, 0) is 10.1 Å². The summed E-state index contributed by atoms with van der Waals surface area (Å²) in [7, 11) is -5.70. The molecule has 0 atom stereocenters. The Balaban J connectivity index is 3.63. The van der Waals surface area contributed by atoms with Crippen LogP contribution in [0.2, 0.25) is 0 Å². The van der Waals surface area contributed by atoms with Crippen LogP contribution >= 0.6 is 0 Å². The molecule has 7 heteroatoms. The minimum atomic E-state index is -5.70. The van der Waals surface area contributed by atoms with Crippen molar-refractivity contribution in [2.75, 3.05) is 0 Å². The lowest BCUT2D eigenvalue weighted by molar-refractivity contribution is -0.0500. The molecule has 3 nitrogen and oxygen atoms in total. The zero-order chi connectivity index (χ0) is 18.2. The predicted octanol–water partition coefficient (Wildman–Crippen LogP) is 5.29. The summed E-state index contributed by atoms with van der Waals surface area (Å²) in [6.45, 7) is 11.1. The molecule has 132 valence electrons. The smallest absolute Gasteiger partial charge is 0.375 e. The van der Waals surface area contributed by atoms with Crippen molar-refractivity contribution in [2.45, 2.75) is 64.8 Å². The molecule has 23 heavy (non-hydrogen) atoms. The van der Waals surface area contributed by atoms with Gasteiger partial charge in [-0.3, -0.25) is 0 Å². The van der Waals surface area contributed by atoms with E-state index in [1.165, 1.54) is 0 Å². The Morgan fingerprint density at radius 3 is 1.52 bits per heavy atom. The standard InChI is InChI=1S/C16H23F3O3S/c1-9(2)12-7-13(10(3)4)15(14(8-12)11(5)6)22-23(20,21)16(17,18)19/h7-11H,1-6H3. The van der Waals surface area contributed by atoms with E-state index in [0.717, 1.165) is 5.56 Å². The lowest BCUT2D eigenvalue weighted by Crippen LogP contribution is -2.29. The largest absolute Gasteiger partial charge is 0.534 e. The third-order valence-electron chi connectivity index (χ3n) is 3.56. The average Bonchev–Trinajstić information content (AvgIpc) is 2.35. The third-order valence-corrected chi connectivity index (χ3v) is 4.51. The van der Waals surface area contributed by atoms with Crippen molar-refractivity contribution in [2.24, 2.45) is 0 Å². The molecule has 0 spiro atoms. The van der Waals surface area contributed by atoms with Gasteiger partial charge in [-0.15, -0.1) is 0 Å². The van der Waals surface area contributed by atoms with E-state index in [4.69, 9.17) is 0 Å². The first kappa shape index (κ1) is 19.8. The Hall–Kier alpha value is -1.24. The van der Waals surface area contributed by atoms with Gasteiger partial charge >= 0.3 is 15.6 Å². The van der Waals surface area contributed by atoms with Gasteiger partial charge in [-0.1, -0.05) is 53.7 Å². The van der Waals surface area contributed by atoms with Gasteiger partial charge in [0.2, 0.25) is 0 Å². The normalized spacial score (nSPS) is 13.2. The summed E-state index contributed by atoms with van der Waals surface area (Å²) < 4.78 is 65.5. The zero-order valence-electron chi connectivity index (χ0n) is 14.2. The topological polar surface area (TPSA) is 43.4 Å². The Kier molecular flexibility index (Phi) is 5.78. The summed E-state index contributed by atoms with van der Waals surface area (Å²) in [6.07, 6.45) is 0. The van der Waals surface area contributed by atoms with Gasteiger partial charge < -0.3 is 4.18 Å². The van der Waals surface area contributed by atoms with Gasteiger partial charge in [-0.05, 0) is 34.4 Å². The third kappa shape index (κ3) is 4.40. The van der Waals surface area contributed by atoms with Gasteiger partial charge in [0.05, 0.1) is 0 Å². The molecule has 1 aromatic carbocycles. The minimum absolute atomic E-state index is 0.165. The van der Waals surface area contributed by atoms with Crippen molar-refractivity contribution in [1.29, 1.82) is 0 Å². The van der Waals surface area contributed by atoms with E-state index in [2.05, 4.69) is 4.18 Å². The first-order valence-electron chi connectivity index (χ1n) is 7.46. The van der Waals surface area contributed by atoms with Crippen LogP contribution < -0.4 is 4.18 Å². The first-order chi connectivity index (χ1) is 10.3. The van der Waals surface area contributed by atoms with Gasteiger partial charge in [0, 0.05) is 0 Å². The molecule has 0 amide bonds. The van der Waals surface area contributed by atoms with Crippen LogP contribution in [0, 0.1) is 0 Å². The number of halogens is 3. The van der Waals surface area contributed by atoms with Gasteiger partial charge in [0.1, 0.15) is 5.75 Å². The van der Waals surface area contributed by atoms with Crippen molar-refractivity contribution in [1.82, 2.24) is 0 Å². The second kappa shape index (κ2) is 6.71. The predicted molar refractivity (Wildman–Crippen MR) is 84.3 cm³/mol. The summed E-state index contributed by atoms with van der Waals surface area (Å²) in [5, 5.41) is 0. The van der Waals surface area contributed by atoms with E-state index >= 15 is 0 Å². The van der Waals surface area contributed by atoms with Gasteiger partial charge in [-0.25, -0.2) is 0 Å². The van der Waals surface area contributed by atoms with E-state index < -0.39 is 15.6 Å². The van der Waals surface area contributed by atoms with Crippen LogP contribution in [0.25, 0.3) is 0 Å². The Bertz CT molecular complexity index is 631. The molecule has 0 N–H and O–H groups in total. The molecule has 0 saturated carbocycles. The van der Waals surface area contributed by atoms with Crippen molar-refractivity contribution in [3.05, 3.63) is 28.8 Å². The molecular weight excluding hydrogens is 329 g/mol. The highest BCUT2D eigenvalue weighted by atomic mass is 32.2. The van der Waals surface area contributed by atoms with Crippen molar-refractivity contribution in [3.8, 4) is 5.75 Å². The molecule has 0 aliphatic rings. The van der Waals surface area contributed by atoms with E-state index in [1.54, 1.807) is 39.8 Å². The molecule has 0 saturated heterocycles. The number of alkyl halides is 3. The fraction of sp³-hybridized carbons (Fsp3) is 0.625. The molecule has 0 aliphatic heterocycles. The summed E-state index contributed by atoms with van der Waals surface area (Å²) in [4.78, 5) is 0. The zero-order valence-corrected chi connectivity index (χ0v) is 15.0. The molecule has 0 aliphatic carbocycles. The maximum Gasteiger partial charge on any atom is 0.534 e. The molecule has 0 bridgehead atoms. The molecule has 0 heterocycles. The van der Waals surface area contributed by atoms with Crippen LogP contribution in [0.15, 0.2) is 12.1 Å². The lowest BCUT2D eigenvalue weighted by Gasteiger charge is -2.22. The molecule has 0 aromatic heterocycles. The minimum Gasteiger partial charge on any atom is -0.375 e. The van der Waals surface area contributed by atoms with Crippen molar-refractivity contribution >= 4 is 10.1 Å². The van der Waals surface area contributed by atoms with Crippen LogP contribution in [0.3, 0.4) is 0 Å². The second-order valence-corrected chi connectivity index (χ2v) is 8.01. The molecule has 1 rings (SSSR count). The van der Waals surface area contributed by atoms with Crippen LogP contribution in [-0.4, -0.2) is 13.9 Å². The van der Waals surface area contributed by atoms with Crippen molar-refractivity contribution in [3.63, 3.8) is 0 Å². The van der Waals surface area contributed by atoms with Crippen molar-refractivity contribution < 1.29 is 25.8 Å². The van der Waals surface area contributed by atoms with E-state index in [9.17, 15) is 21.6 Å². The Morgan fingerprint density at radius 1 is 0.870 bits per heavy atom. The van der Waals surface area contributed by atoms with Crippen LogP contribution in [0.1, 0.15) is 76.0 Å². The summed E-state index contributed by atoms with van der Waals surface area (Å²) in [5.41, 5.74) is -3.58. The molecule has 0 fully saturated rings. The highest BCUT2D eigenvalue weighted by molar-refractivity contribution is 7.88. The second-order valence-electron chi connectivity index (χ2n) is 6.48.